The van der Waals surface area contributed by atoms with Crippen LogP contribution in [0.2, 0.25) is 5.02 Å². The Bertz CT molecular complexity index is 768. The van der Waals surface area contributed by atoms with Gasteiger partial charge in [-0.15, -0.1) is 0 Å². The van der Waals surface area contributed by atoms with Crippen LogP contribution >= 0.6 is 11.6 Å². The second-order valence-corrected chi connectivity index (χ2v) is 5.44. The molecular formula is C16H17ClN2O3. The molecule has 0 aliphatic carbocycles. The first kappa shape index (κ1) is 16.1. The third-order valence-corrected chi connectivity index (χ3v) is 3.45. The van der Waals surface area contributed by atoms with Gasteiger partial charge in [-0.3, -0.25) is 9.59 Å². The lowest BCUT2D eigenvalue weighted by atomic mass is 10.2. The second-order valence-electron chi connectivity index (χ2n) is 5.03. The number of benzene rings is 1. The van der Waals surface area contributed by atoms with Gasteiger partial charge in [0.15, 0.2) is 0 Å². The summed E-state index contributed by atoms with van der Waals surface area (Å²) in [4.78, 5) is 24.1. The molecule has 116 valence electrons. The molecule has 2 aromatic rings. The molecule has 2 rings (SSSR count). The average Bonchev–Trinajstić information content (AvgIpc) is 2.44. The number of carbonyl (C=O) groups excluding carboxylic acids is 1. The molecule has 0 aliphatic rings. The van der Waals surface area contributed by atoms with Crippen LogP contribution in [0, 0.1) is 13.8 Å². The number of ether oxygens (including phenoxy) is 1. The van der Waals surface area contributed by atoms with Crippen LogP contribution in [-0.2, 0) is 11.3 Å². The number of rotatable bonds is 4. The summed E-state index contributed by atoms with van der Waals surface area (Å²) in [6.45, 7) is 3.56. The second kappa shape index (κ2) is 6.66. The standard InChI is InChI=1S/C16H17ClN2O3/c1-10-6-11(2)16(21)19(8-10)9-15(20)18-12-4-5-14(22-3)13(17)7-12/h4-8H,9H2,1-3H3,(H,18,20). The lowest BCUT2D eigenvalue weighted by Gasteiger charge is -2.10. The third-order valence-electron chi connectivity index (χ3n) is 3.15. The topological polar surface area (TPSA) is 60.3 Å². The van der Waals surface area contributed by atoms with Gasteiger partial charge in [0, 0.05) is 17.4 Å². The molecule has 0 saturated carbocycles. The maximum absolute atomic E-state index is 12.1. The fraction of sp³-hybridized carbons (Fsp3) is 0.250. The molecule has 0 bridgehead atoms. The smallest absolute Gasteiger partial charge is 0.253 e. The number of nitrogens with one attached hydrogen (secondary N) is 1. The fourth-order valence-electron chi connectivity index (χ4n) is 2.19. The van der Waals surface area contributed by atoms with E-state index >= 15 is 0 Å². The minimum Gasteiger partial charge on any atom is -0.495 e. The van der Waals surface area contributed by atoms with E-state index < -0.39 is 0 Å². The first-order valence-corrected chi connectivity index (χ1v) is 7.09. The number of methoxy groups -OCH3 is 1. The predicted octanol–water partition coefficient (Wildman–Crippen LogP) is 2.77. The number of halogens is 1. The Balaban J connectivity index is 2.14. The van der Waals surface area contributed by atoms with Crippen LogP contribution < -0.4 is 15.6 Å². The normalized spacial score (nSPS) is 10.4. The summed E-state index contributed by atoms with van der Waals surface area (Å²) in [5, 5.41) is 3.12. The van der Waals surface area contributed by atoms with Crippen molar-refractivity contribution in [3.63, 3.8) is 0 Å². The van der Waals surface area contributed by atoms with E-state index in [1.54, 1.807) is 37.4 Å². The Morgan fingerprint density at radius 1 is 1.32 bits per heavy atom. The lowest BCUT2D eigenvalue weighted by molar-refractivity contribution is -0.116. The molecule has 0 radical (unpaired) electrons. The van der Waals surface area contributed by atoms with Gasteiger partial charge in [0.25, 0.3) is 5.56 Å². The Kier molecular flexibility index (Phi) is 4.88. The Labute approximate surface area is 133 Å². The number of hydrogen-bond acceptors (Lipinski definition) is 3. The third kappa shape index (κ3) is 3.68. The van der Waals surface area contributed by atoms with Crippen molar-refractivity contribution >= 4 is 23.2 Å². The summed E-state index contributed by atoms with van der Waals surface area (Å²) >= 11 is 6.01. The monoisotopic (exact) mass is 320 g/mol. The quantitative estimate of drug-likeness (QED) is 0.942. The van der Waals surface area contributed by atoms with E-state index in [9.17, 15) is 9.59 Å². The molecule has 1 aromatic carbocycles. The van der Waals surface area contributed by atoms with Crippen LogP contribution in [0.15, 0.2) is 35.3 Å². The molecule has 0 aliphatic heterocycles. The van der Waals surface area contributed by atoms with Gasteiger partial charge in [0.1, 0.15) is 12.3 Å². The van der Waals surface area contributed by atoms with E-state index in [4.69, 9.17) is 16.3 Å². The molecule has 0 atom stereocenters. The fourth-order valence-corrected chi connectivity index (χ4v) is 2.45. The van der Waals surface area contributed by atoms with Crippen LogP contribution in [0.4, 0.5) is 5.69 Å². The van der Waals surface area contributed by atoms with Gasteiger partial charge in [-0.25, -0.2) is 0 Å². The van der Waals surface area contributed by atoms with Crippen molar-refractivity contribution in [2.45, 2.75) is 20.4 Å². The van der Waals surface area contributed by atoms with Crippen molar-refractivity contribution in [2.75, 3.05) is 12.4 Å². The maximum atomic E-state index is 12.1. The molecule has 1 aromatic heterocycles. The van der Waals surface area contributed by atoms with E-state index in [1.165, 1.54) is 11.7 Å². The molecule has 1 N–H and O–H groups in total. The number of carbonyl (C=O) groups is 1. The van der Waals surface area contributed by atoms with Gasteiger partial charge in [-0.05, 0) is 43.7 Å². The van der Waals surface area contributed by atoms with Crippen LogP contribution in [0.3, 0.4) is 0 Å². The number of pyridine rings is 1. The largest absolute Gasteiger partial charge is 0.495 e. The summed E-state index contributed by atoms with van der Waals surface area (Å²) in [6.07, 6.45) is 1.66. The molecule has 5 nitrogen and oxygen atoms in total. The zero-order valence-corrected chi connectivity index (χ0v) is 13.4. The van der Waals surface area contributed by atoms with Crippen molar-refractivity contribution < 1.29 is 9.53 Å². The highest BCUT2D eigenvalue weighted by Gasteiger charge is 2.09. The summed E-state index contributed by atoms with van der Waals surface area (Å²) < 4.78 is 6.45. The highest BCUT2D eigenvalue weighted by molar-refractivity contribution is 6.32. The number of nitrogens with zero attached hydrogens (tertiary/aromatic N) is 1. The molecule has 1 heterocycles. The van der Waals surface area contributed by atoms with Gasteiger partial charge in [0.2, 0.25) is 5.91 Å². The maximum Gasteiger partial charge on any atom is 0.253 e. The first-order valence-electron chi connectivity index (χ1n) is 6.72. The number of aromatic nitrogens is 1. The van der Waals surface area contributed by atoms with Gasteiger partial charge >= 0.3 is 0 Å². The van der Waals surface area contributed by atoms with Gasteiger partial charge < -0.3 is 14.6 Å². The number of aryl methyl sites for hydroxylation is 2. The van der Waals surface area contributed by atoms with Crippen LogP contribution in [0.1, 0.15) is 11.1 Å². The van der Waals surface area contributed by atoms with Crippen LogP contribution in [-0.4, -0.2) is 17.6 Å². The Morgan fingerprint density at radius 3 is 2.68 bits per heavy atom. The summed E-state index contributed by atoms with van der Waals surface area (Å²) in [7, 11) is 1.52. The molecule has 0 unspecified atom stereocenters. The van der Waals surface area contributed by atoms with E-state index in [0.29, 0.717) is 22.0 Å². The SMILES string of the molecule is COc1ccc(NC(=O)Cn2cc(C)cc(C)c2=O)cc1Cl. The Hall–Kier alpha value is -2.27. The number of anilines is 1. The van der Waals surface area contributed by atoms with Crippen molar-refractivity contribution in [1.82, 2.24) is 4.57 Å². The zero-order chi connectivity index (χ0) is 16.3. The van der Waals surface area contributed by atoms with E-state index in [1.807, 2.05) is 6.92 Å². The molecule has 0 fully saturated rings. The molecule has 22 heavy (non-hydrogen) atoms. The number of hydrogen-bond donors (Lipinski definition) is 1. The predicted molar refractivity (Wildman–Crippen MR) is 86.8 cm³/mol. The molecule has 6 heteroatoms. The molecule has 0 spiro atoms. The number of amides is 1. The van der Waals surface area contributed by atoms with E-state index in [0.717, 1.165) is 5.56 Å². The van der Waals surface area contributed by atoms with Crippen LogP contribution in [0.25, 0.3) is 0 Å². The van der Waals surface area contributed by atoms with Crippen LogP contribution in [0.5, 0.6) is 5.75 Å². The van der Waals surface area contributed by atoms with Gasteiger partial charge in [0.05, 0.1) is 12.1 Å². The molecule has 0 saturated heterocycles. The van der Waals surface area contributed by atoms with Crippen molar-refractivity contribution in [3.8, 4) is 5.75 Å². The zero-order valence-electron chi connectivity index (χ0n) is 12.6. The lowest BCUT2D eigenvalue weighted by Crippen LogP contribution is -2.28. The highest BCUT2D eigenvalue weighted by atomic mass is 35.5. The summed E-state index contributed by atoms with van der Waals surface area (Å²) in [6, 6.07) is 6.75. The van der Waals surface area contributed by atoms with Gasteiger partial charge in [-0.1, -0.05) is 11.6 Å². The van der Waals surface area contributed by atoms with Crippen molar-refractivity contribution in [2.24, 2.45) is 0 Å². The van der Waals surface area contributed by atoms with Crippen molar-refractivity contribution in [1.29, 1.82) is 0 Å². The van der Waals surface area contributed by atoms with E-state index in [2.05, 4.69) is 5.32 Å². The van der Waals surface area contributed by atoms with Crippen molar-refractivity contribution in [3.05, 3.63) is 57.0 Å². The molecule has 1 amide bonds. The molecular weight excluding hydrogens is 304 g/mol. The summed E-state index contributed by atoms with van der Waals surface area (Å²) in [5.74, 6) is 0.235. The summed E-state index contributed by atoms with van der Waals surface area (Å²) in [5.41, 5.74) is 1.92. The minimum atomic E-state index is -0.298. The minimum absolute atomic E-state index is 0.0506. The average molecular weight is 321 g/mol. The first-order chi connectivity index (χ1) is 10.4. The highest BCUT2D eigenvalue weighted by Crippen LogP contribution is 2.27. The van der Waals surface area contributed by atoms with Gasteiger partial charge in [-0.2, -0.15) is 0 Å². The van der Waals surface area contributed by atoms with E-state index in [-0.39, 0.29) is 18.0 Å². The Morgan fingerprint density at radius 2 is 2.05 bits per heavy atom.